The van der Waals surface area contributed by atoms with Crippen molar-refractivity contribution in [3.8, 4) is 0 Å². The normalized spacial score (nSPS) is 11.3. The molecule has 0 fully saturated rings. The van der Waals surface area contributed by atoms with Crippen molar-refractivity contribution in [1.82, 2.24) is 0 Å². The summed E-state index contributed by atoms with van der Waals surface area (Å²) in [5.74, 6) is -0.637. The number of hydrogen-bond donors (Lipinski definition) is 2. The standard InChI is InChI=1S/C13H12BrFN2O2S/c1-8-2-5-12(10(15)6-8)17-20(18,19)13-7-9(14)3-4-11(13)16/h2-7,17H,16H2,1H3. The van der Waals surface area contributed by atoms with Gasteiger partial charge in [-0.05, 0) is 42.8 Å². The third-order valence-electron chi connectivity index (χ3n) is 2.63. The summed E-state index contributed by atoms with van der Waals surface area (Å²) in [5, 5.41) is 0. The average Bonchev–Trinajstić information content (AvgIpc) is 2.35. The molecule has 0 heterocycles. The van der Waals surface area contributed by atoms with E-state index in [1.807, 2.05) is 0 Å². The summed E-state index contributed by atoms with van der Waals surface area (Å²) in [5.41, 5.74) is 6.33. The number of sulfonamides is 1. The average molecular weight is 359 g/mol. The SMILES string of the molecule is Cc1ccc(NS(=O)(=O)c2cc(Br)ccc2N)c(F)c1. The third kappa shape index (κ3) is 3.10. The van der Waals surface area contributed by atoms with Crippen LogP contribution < -0.4 is 10.5 Å². The fourth-order valence-corrected chi connectivity index (χ4v) is 3.38. The van der Waals surface area contributed by atoms with Gasteiger partial charge in [0, 0.05) is 4.47 Å². The molecular weight excluding hydrogens is 347 g/mol. The van der Waals surface area contributed by atoms with E-state index in [-0.39, 0.29) is 16.3 Å². The van der Waals surface area contributed by atoms with Gasteiger partial charge in [-0.15, -0.1) is 0 Å². The van der Waals surface area contributed by atoms with Gasteiger partial charge in [0.2, 0.25) is 0 Å². The van der Waals surface area contributed by atoms with Gasteiger partial charge in [-0.3, -0.25) is 4.72 Å². The molecular formula is C13H12BrFN2O2S. The number of anilines is 2. The molecule has 0 atom stereocenters. The molecule has 20 heavy (non-hydrogen) atoms. The molecule has 4 nitrogen and oxygen atoms in total. The van der Waals surface area contributed by atoms with Crippen LogP contribution in [0.4, 0.5) is 15.8 Å². The fraction of sp³-hybridized carbons (Fsp3) is 0.0769. The quantitative estimate of drug-likeness (QED) is 0.827. The van der Waals surface area contributed by atoms with Crippen LogP contribution in [0.3, 0.4) is 0 Å². The van der Waals surface area contributed by atoms with Crippen LogP contribution in [-0.2, 0) is 10.0 Å². The predicted molar refractivity (Wildman–Crippen MR) is 80.5 cm³/mol. The van der Waals surface area contributed by atoms with Crippen molar-refractivity contribution in [2.75, 3.05) is 10.5 Å². The van der Waals surface area contributed by atoms with Crippen molar-refractivity contribution in [2.45, 2.75) is 11.8 Å². The summed E-state index contributed by atoms with van der Waals surface area (Å²) in [4.78, 5) is -0.105. The number of rotatable bonds is 3. The summed E-state index contributed by atoms with van der Waals surface area (Å²) < 4.78 is 40.9. The van der Waals surface area contributed by atoms with E-state index in [1.54, 1.807) is 19.1 Å². The molecule has 2 rings (SSSR count). The molecule has 7 heteroatoms. The van der Waals surface area contributed by atoms with Crippen molar-refractivity contribution in [1.29, 1.82) is 0 Å². The minimum atomic E-state index is -3.95. The monoisotopic (exact) mass is 358 g/mol. The molecule has 0 amide bonds. The third-order valence-corrected chi connectivity index (χ3v) is 4.55. The van der Waals surface area contributed by atoms with Gasteiger partial charge in [-0.25, -0.2) is 12.8 Å². The summed E-state index contributed by atoms with van der Waals surface area (Å²) >= 11 is 3.18. The van der Waals surface area contributed by atoms with Crippen LogP contribution in [0.15, 0.2) is 45.8 Å². The molecule has 0 aromatic heterocycles. The van der Waals surface area contributed by atoms with Crippen LogP contribution in [-0.4, -0.2) is 8.42 Å². The first kappa shape index (κ1) is 14.8. The van der Waals surface area contributed by atoms with E-state index in [1.165, 1.54) is 24.3 Å². The molecule has 0 saturated heterocycles. The topological polar surface area (TPSA) is 72.2 Å². The molecule has 0 aliphatic heterocycles. The largest absolute Gasteiger partial charge is 0.398 e. The molecule has 0 spiro atoms. The van der Waals surface area contributed by atoms with Crippen molar-refractivity contribution >= 4 is 37.3 Å². The van der Waals surface area contributed by atoms with Gasteiger partial charge < -0.3 is 5.73 Å². The number of halogens is 2. The second-order valence-electron chi connectivity index (χ2n) is 4.27. The lowest BCUT2D eigenvalue weighted by Crippen LogP contribution is -2.15. The van der Waals surface area contributed by atoms with Crippen molar-refractivity contribution in [3.05, 3.63) is 52.3 Å². The molecule has 3 N–H and O–H groups in total. The first-order valence-corrected chi connectivity index (χ1v) is 7.91. The number of aryl methyl sites for hydroxylation is 1. The van der Waals surface area contributed by atoms with Crippen LogP contribution in [0.5, 0.6) is 0 Å². The minimum absolute atomic E-state index is 0.0909. The van der Waals surface area contributed by atoms with Crippen LogP contribution in [0.25, 0.3) is 0 Å². The van der Waals surface area contributed by atoms with E-state index >= 15 is 0 Å². The van der Waals surface area contributed by atoms with Crippen LogP contribution in [0.2, 0.25) is 0 Å². The van der Waals surface area contributed by atoms with Crippen LogP contribution >= 0.6 is 15.9 Å². The summed E-state index contributed by atoms with van der Waals surface area (Å²) in [7, 11) is -3.95. The molecule has 106 valence electrons. The Morgan fingerprint density at radius 3 is 2.55 bits per heavy atom. The molecule has 0 saturated carbocycles. The van der Waals surface area contributed by atoms with Gasteiger partial charge in [-0.2, -0.15) is 0 Å². The number of nitrogens with one attached hydrogen (secondary N) is 1. The summed E-state index contributed by atoms with van der Waals surface area (Å²) in [6.07, 6.45) is 0. The van der Waals surface area contributed by atoms with E-state index in [4.69, 9.17) is 5.73 Å². The highest BCUT2D eigenvalue weighted by Gasteiger charge is 2.19. The van der Waals surface area contributed by atoms with Crippen LogP contribution in [0.1, 0.15) is 5.56 Å². The molecule has 2 aromatic carbocycles. The summed E-state index contributed by atoms with van der Waals surface area (Å²) in [6.45, 7) is 1.72. The Kier molecular flexibility index (Phi) is 4.01. The Labute approximate surface area is 125 Å². The maximum Gasteiger partial charge on any atom is 0.264 e. The van der Waals surface area contributed by atoms with Crippen molar-refractivity contribution in [3.63, 3.8) is 0 Å². The second-order valence-corrected chi connectivity index (χ2v) is 6.84. The molecule has 0 unspecified atom stereocenters. The molecule has 0 aliphatic rings. The smallest absolute Gasteiger partial charge is 0.264 e. The lowest BCUT2D eigenvalue weighted by molar-refractivity contribution is 0.598. The lowest BCUT2D eigenvalue weighted by atomic mass is 10.2. The number of hydrogen-bond acceptors (Lipinski definition) is 3. The molecule has 0 bridgehead atoms. The molecule has 0 radical (unpaired) electrons. The summed E-state index contributed by atoms with van der Waals surface area (Å²) in [6, 6.07) is 8.69. The zero-order valence-electron chi connectivity index (χ0n) is 10.5. The Bertz CT molecular complexity index is 763. The van der Waals surface area contributed by atoms with Crippen molar-refractivity contribution < 1.29 is 12.8 Å². The zero-order chi connectivity index (χ0) is 14.9. The Morgan fingerprint density at radius 1 is 1.20 bits per heavy atom. The first-order valence-electron chi connectivity index (χ1n) is 5.63. The zero-order valence-corrected chi connectivity index (χ0v) is 12.9. The Balaban J connectivity index is 2.43. The fourth-order valence-electron chi connectivity index (χ4n) is 1.64. The van der Waals surface area contributed by atoms with E-state index in [9.17, 15) is 12.8 Å². The second kappa shape index (κ2) is 5.41. The van der Waals surface area contributed by atoms with Gasteiger partial charge in [0.25, 0.3) is 10.0 Å². The number of nitrogens with two attached hydrogens (primary N) is 1. The molecule has 0 aliphatic carbocycles. The molecule has 2 aromatic rings. The maximum atomic E-state index is 13.7. The van der Waals surface area contributed by atoms with Gasteiger partial charge in [0.05, 0.1) is 11.4 Å². The minimum Gasteiger partial charge on any atom is -0.398 e. The Morgan fingerprint density at radius 2 is 1.90 bits per heavy atom. The first-order chi connectivity index (χ1) is 9.29. The van der Waals surface area contributed by atoms with Gasteiger partial charge in [0.15, 0.2) is 0 Å². The van der Waals surface area contributed by atoms with Crippen molar-refractivity contribution in [2.24, 2.45) is 0 Å². The predicted octanol–water partition coefficient (Wildman–Crippen LogP) is 3.28. The highest BCUT2D eigenvalue weighted by Crippen LogP contribution is 2.26. The van der Waals surface area contributed by atoms with E-state index in [0.29, 0.717) is 10.0 Å². The van der Waals surface area contributed by atoms with E-state index in [2.05, 4.69) is 20.7 Å². The van der Waals surface area contributed by atoms with Gasteiger partial charge in [0.1, 0.15) is 10.7 Å². The maximum absolute atomic E-state index is 13.7. The van der Waals surface area contributed by atoms with Crippen LogP contribution in [0, 0.1) is 12.7 Å². The Hall–Kier alpha value is -1.60. The van der Waals surface area contributed by atoms with Gasteiger partial charge >= 0.3 is 0 Å². The van der Waals surface area contributed by atoms with E-state index in [0.717, 1.165) is 0 Å². The number of benzene rings is 2. The number of nitrogen functional groups attached to an aromatic ring is 1. The highest BCUT2D eigenvalue weighted by molar-refractivity contribution is 9.10. The van der Waals surface area contributed by atoms with Gasteiger partial charge in [-0.1, -0.05) is 22.0 Å². The van der Waals surface area contributed by atoms with E-state index < -0.39 is 15.8 Å². The lowest BCUT2D eigenvalue weighted by Gasteiger charge is -2.11. The highest BCUT2D eigenvalue weighted by atomic mass is 79.9.